The first-order valence-corrected chi connectivity index (χ1v) is 14.1. The number of rotatable bonds is 5. The van der Waals surface area contributed by atoms with Crippen molar-refractivity contribution in [1.29, 1.82) is 0 Å². The highest BCUT2D eigenvalue weighted by Gasteiger charge is 2.52. The Kier molecular flexibility index (Phi) is 6.14. The maximum absolute atomic E-state index is 13.5. The summed E-state index contributed by atoms with van der Waals surface area (Å²) >= 11 is 0. The fraction of sp³-hybridized carbons (Fsp3) is 0.500. The van der Waals surface area contributed by atoms with Gasteiger partial charge in [0.2, 0.25) is 0 Å². The molecule has 2 aliphatic heterocycles. The van der Waals surface area contributed by atoms with Crippen LogP contribution in [0.25, 0.3) is 0 Å². The highest BCUT2D eigenvalue weighted by Crippen LogP contribution is 2.51. The first kappa shape index (κ1) is 25.2. The number of amides is 1. The standard InChI is InChI=1S/C32H39N3O3/c1-5-23-18-35(16-20(23)3)31(38)26-12-24-13-28-21(4)34(17-22-7-8-22)11-10-32(28,15-29(24)33-30(26)37)27-14-25(36)9-6-19(27)2/h5-6,9,12,14,21-22,28,36H,1,7-8,10-11,13,15-18H2,2-4H3,(H,33,37). The van der Waals surface area contributed by atoms with Crippen LogP contribution >= 0.6 is 0 Å². The third-order valence-corrected chi connectivity index (χ3v) is 9.91. The van der Waals surface area contributed by atoms with Gasteiger partial charge in [-0.3, -0.25) is 9.59 Å². The zero-order valence-electron chi connectivity index (χ0n) is 22.8. The fourth-order valence-corrected chi connectivity index (χ4v) is 7.50. The molecule has 3 unspecified atom stereocenters. The molecule has 0 bridgehead atoms. The van der Waals surface area contributed by atoms with Crippen molar-refractivity contribution in [3.8, 4) is 5.75 Å². The number of aromatic amines is 1. The number of carbonyl (C=O) groups is 1. The van der Waals surface area contributed by atoms with Crippen LogP contribution < -0.4 is 5.56 Å². The molecule has 4 aliphatic rings. The number of hydrogen-bond acceptors (Lipinski definition) is 4. The van der Waals surface area contributed by atoms with Crippen molar-refractivity contribution in [2.24, 2.45) is 11.8 Å². The molecule has 6 nitrogen and oxygen atoms in total. The molecule has 0 spiro atoms. The minimum absolute atomic E-state index is 0.168. The lowest BCUT2D eigenvalue weighted by Crippen LogP contribution is -2.59. The second kappa shape index (κ2) is 9.26. The predicted octanol–water partition coefficient (Wildman–Crippen LogP) is 4.50. The Balaban J connectivity index is 1.39. The molecule has 2 N–H and O–H groups in total. The highest BCUT2D eigenvalue weighted by atomic mass is 16.3. The van der Waals surface area contributed by atoms with Gasteiger partial charge in [0.15, 0.2) is 0 Å². The van der Waals surface area contributed by atoms with E-state index >= 15 is 0 Å². The minimum Gasteiger partial charge on any atom is -0.508 e. The van der Waals surface area contributed by atoms with Crippen LogP contribution in [0.5, 0.6) is 5.75 Å². The molecule has 2 fully saturated rings. The van der Waals surface area contributed by atoms with Crippen LogP contribution in [0.1, 0.15) is 65.9 Å². The molecule has 1 amide bonds. The number of likely N-dealkylation sites (tertiary alicyclic amines) is 1. The van der Waals surface area contributed by atoms with Crippen molar-refractivity contribution in [3.05, 3.63) is 86.4 Å². The summed E-state index contributed by atoms with van der Waals surface area (Å²) in [5.74, 6) is 1.22. The van der Waals surface area contributed by atoms with Crippen molar-refractivity contribution in [3.63, 3.8) is 0 Å². The zero-order chi connectivity index (χ0) is 26.8. The molecule has 1 aromatic carbocycles. The number of fused-ring (bicyclic) bond motifs is 2. The van der Waals surface area contributed by atoms with Gasteiger partial charge in [-0.25, -0.2) is 0 Å². The maximum atomic E-state index is 13.5. The van der Waals surface area contributed by atoms with Gasteiger partial charge in [-0.15, -0.1) is 0 Å². The molecule has 6 heteroatoms. The quantitative estimate of drug-likeness (QED) is 0.617. The Labute approximate surface area is 225 Å². The zero-order valence-corrected chi connectivity index (χ0v) is 22.8. The summed E-state index contributed by atoms with van der Waals surface area (Å²) in [5, 5.41) is 10.5. The summed E-state index contributed by atoms with van der Waals surface area (Å²) in [6.45, 7) is 13.6. The van der Waals surface area contributed by atoms with E-state index in [0.29, 0.717) is 37.2 Å². The molecule has 2 aromatic rings. The maximum Gasteiger partial charge on any atom is 0.261 e. The molecule has 3 heterocycles. The lowest BCUT2D eigenvalue weighted by atomic mass is 9.55. The number of phenolic OH excluding ortho intramolecular Hbond substituents is 1. The third kappa shape index (κ3) is 4.14. The Morgan fingerprint density at radius 1 is 1.24 bits per heavy atom. The van der Waals surface area contributed by atoms with Gasteiger partial charge >= 0.3 is 0 Å². The smallest absolute Gasteiger partial charge is 0.261 e. The molecule has 38 heavy (non-hydrogen) atoms. The van der Waals surface area contributed by atoms with Gasteiger partial charge in [-0.2, -0.15) is 0 Å². The number of carbonyl (C=O) groups excluding carboxylic acids is 1. The number of phenols is 1. The van der Waals surface area contributed by atoms with E-state index in [2.05, 4.69) is 30.3 Å². The van der Waals surface area contributed by atoms with E-state index in [9.17, 15) is 14.7 Å². The summed E-state index contributed by atoms with van der Waals surface area (Å²) < 4.78 is 0. The minimum atomic E-state index is -0.307. The second-order valence-electron chi connectivity index (χ2n) is 12.3. The molecular formula is C32H39N3O3. The summed E-state index contributed by atoms with van der Waals surface area (Å²) in [6, 6.07) is 7.97. The van der Waals surface area contributed by atoms with E-state index < -0.39 is 0 Å². The molecule has 0 radical (unpaired) electrons. The Morgan fingerprint density at radius 2 is 2.03 bits per heavy atom. The first-order chi connectivity index (χ1) is 18.2. The lowest BCUT2D eigenvalue weighted by Gasteiger charge is -2.55. The number of pyridine rings is 1. The van der Waals surface area contributed by atoms with Crippen LogP contribution in [0.2, 0.25) is 0 Å². The first-order valence-electron chi connectivity index (χ1n) is 14.1. The van der Waals surface area contributed by atoms with Gasteiger partial charge < -0.3 is 19.9 Å². The number of H-pyrrole nitrogens is 1. The van der Waals surface area contributed by atoms with Crippen molar-refractivity contribution in [2.75, 3.05) is 26.2 Å². The number of nitrogens with zero attached hydrogens (tertiary/aromatic N) is 2. The largest absolute Gasteiger partial charge is 0.508 e. The normalized spacial score (nSPS) is 27.3. The molecule has 2 aliphatic carbocycles. The van der Waals surface area contributed by atoms with Crippen molar-refractivity contribution < 1.29 is 9.90 Å². The molecule has 1 saturated carbocycles. The van der Waals surface area contributed by atoms with E-state index in [1.54, 1.807) is 17.0 Å². The number of benzene rings is 1. The van der Waals surface area contributed by atoms with Crippen molar-refractivity contribution in [2.45, 2.75) is 64.3 Å². The van der Waals surface area contributed by atoms with Gasteiger partial charge in [-0.05, 0) is 117 Å². The van der Waals surface area contributed by atoms with Crippen molar-refractivity contribution in [1.82, 2.24) is 14.8 Å². The Morgan fingerprint density at radius 3 is 2.74 bits per heavy atom. The molecule has 200 valence electrons. The topological polar surface area (TPSA) is 76.6 Å². The molecule has 6 rings (SSSR count). The van der Waals surface area contributed by atoms with E-state index in [-0.39, 0.29) is 22.4 Å². The van der Waals surface area contributed by atoms with Crippen LogP contribution in [0.4, 0.5) is 0 Å². The van der Waals surface area contributed by atoms with Gasteiger partial charge in [0.1, 0.15) is 11.3 Å². The number of piperidine rings is 1. The molecule has 3 atom stereocenters. The van der Waals surface area contributed by atoms with E-state index in [0.717, 1.165) is 54.3 Å². The number of hydrogen-bond donors (Lipinski definition) is 2. The Bertz CT molecular complexity index is 1400. The third-order valence-electron chi connectivity index (χ3n) is 9.91. The SMILES string of the molecule is C=CC1=C(C)CN(C(=O)c2cc3c([nH]c2=O)CC2(c4cc(O)ccc4C)CCN(CC4CC4)C(C)C2C3)C1. The molecule has 1 saturated heterocycles. The van der Waals surface area contributed by atoms with E-state index in [1.165, 1.54) is 24.0 Å². The van der Waals surface area contributed by atoms with Gasteiger partial charge in [-0.1, -0.05) is 18.7 Å². The predicted molar refractivity (Wildman–Crippen MR) is 150 cm³/mol. The molecule has 1 aromatic heterocycles. The van der Waals surface area contributed by atoms with Crippen LogP contribution in [0, 0.1) is 18.8 Å². The van der Waals surface area contributed by atoms with Crippen molar-refractivity contribution >= 4 is 5.91 Å². The van der Waals surface area contributed by atoms with Crippen LogP contribution in [0.3, 0.4) is 0 Å². The number of nitrogens with one attached hydrogen (secondary N) is 1. The second-order valence-corrected chi connectivity index (χ2v) is 12.3. The fourth-order valence-electron chi connectivity index (χ4n) is 7.50. The number of aromatic hydroxyl groups is 1. The highest BCUT2D eigenvalue weighted by molar-refractivity contribution is 5.95. The van der Waals surface area contributed by atoms with Gasteiger partial charge in [0, 0.05) is 36.8 Å². The van der Waals surface area contributed by atoms with Gasteiger partial charge in [0.25, 0.3) is 11.5 Å². The molecular weight excluding hydrogens is 474 g/mol. The average Bonchev–Trinajstić information content (AvgIpc) is 3.64. The summed E-state index contributed by atoms with van der Waals surface area (Å²) in [6.07, 6.45) is 6.98. The summed E-state index contributed by atoms with van der Waals surface area (Å²) in [4.78, 5) is 34.3. The van der Waals surface area contributed by atoms with E-state index in [1.807, 2.05) is 25.1 Å². The lowest BCUT2D eigenvalue weighted by molar-refractivity contribution is 0.0246. The summed E-state index contributed by atoms with van der Waals surface area (Å²) in [7, 11) is 0. The van der Waals surface area contributed by atoms with Crippen LogP contribution in [-0.2, 0) is 18.3 Å². The number of aryl methyl sites for hydroxylation is 1. The van der Waals surface area contributed by atoms with E-state index in [4.69, 9.17) is 0 Å². The Hall–Kier alpha value is -3.12. The van der Waals surface area contributed by atoms with Crippen LogP contribution in [0.15, 0.2) is 52.9 Å². The summed E-state index contributed by atoms with van der Waals surface area (Å²) in [5.41, 5.74) is 6.35. The monoisotopic (exact) mass is 513 g/mol. The van der Waals surface area contributed by atoms with Crippen LogP contribution in [-0.4, -0.2) is 58.0 Å². The number of aromatic nitrogens is 1. The average molecular weight is 514 g/mol. The van der Waals surface area contributed by atoms with Gasteiger partial charge in [0.05, 0.1) is 0 Å².